The highest BCUT2D eigenvalue weighted by Crippen LogP contribution is 2.32. The van der Waals surface area contributed by atoms with Gasteiger partial charge in [0.2, 0.25) is 0 Å². The monoisotopic (exact) mass is 624 g/mol. The Morgan fingerprint density at radius 2 is 1.64 bits per heavy atom. The molecular weight excluding hydrogens is 588 g/mol. The maximum atomic E-state index is 12.8. The maximum Gasteiger partial charge on any atom is 0.331 e. The minimum atomic E-state index is -1.66. The van der Waals surface area contributed by atoms with E-state index >= 15 is 0 Å². The van der Waals surface area contributed by atoms with Gasteiger partial charge in [-0.3, -0.25) is 5.26 Å². The molecule has 9 atom stereocenters. The number of hydrogen-bond donors (Lipinski definition) is 8. The zero-order chi connectivity index (χ0) is 32.0. The van der Waals surface area contributed by atoms with Crippen molar-refractivity contribution < 1.29 is 74.4 Å². The molecule has 2 heterocycles. The molecule has 0 spiro atoms. The summed E-state index contributed by atoms with van der Waals surface area (Å²) >= 11 is 0. The molecule has 0 saturated carbocycles. The zero-order valence-corrected chi connectivity index (χ0v) is 23.6. The fourth-order valence-corrected chi connectivity index (χ4v) is 4.86. The Hall–Kier alpha value is -3.51. The Morgan fingerprint density at radius 1 is 0.932 bits per heavy atom. The predicted molar refractivity (Wildman–Crippen MR) is 147 cm³/mol. The van der Waals surface area contributed by atoms with E-state index in [1.54, 1.807) is 13.0 Å². The molecule has 2 fully saturated rings. The van der Waals surface area contributed by atoms with Crippen LogP contribution in [0.25, 0.3) is 6.08 Å². The minimum absolute atomic E-state index is 0.0521. The van der Waals surface area contributed by atoms with Crippen molar-refractivity contribution in [3.05, 3.63) is 53.6 Å². The second kappa shape index (κ2) is 15.0. The van der Waals surface area contributed by atoms with Crippen LogP contribution in [-0.2, 0) is 39.8 Å². The highest BCUT2D eigenvalue weighted by molar-refractivity contribution is 5.87. The van der Waals surface area contributed by atoms with E-state index in [-0.39, 0.29) is 36.7 Å². The van der Waals surface area contributed by atoms with Gasteiger partial charge in [0.25, 0.3) is 0 Å². The number of carbonyl (C=O) groups excluding carboxylic acids is 1. The van der Waals surface area contributed by atoms with Gasteiger partial charge in [0.1, 0.15) is 30.5 Å². The first-order valence-corrected chi connectivity index (χ1v) is 13.8. The summed E-state index contributed by atoms with van der Waals surface area (Å²) in [6.07, 6.45) is -9.31. The van der Waals surface area contributed by atoms with Crippen LogP contribution in [0.5, 0.6) is 23.0 Å². The Balaban J connectivity index is 1.52. The molecular formula is C29H36O15. The van der Waals surface area contributed by atoms with Gasteiger partial charge in [-0.25, -0.2) is 9.68 Å². The Kier molecular flexibility index (Phi) is 11.4. The first kappa shape index (κ1) is 33.4. The van der Waals surface area contributed by atoms with Gasteiger partial charge in [-0.1, -0.05) is 12.1 Å². The molecule has 242 valence electrons. The van der Waals surface area contributed by atoms with Crippen molar-refractivity contribution in [2.24, 2.45) is 0 Å². The van der Waals surface area contributed by atoms with E-state index in [2.05, 4.69) is 4.89 Å². The topological polar surface area (TPSA) is 234 Å². The van der Waals surface area contributed by atoms with Crippen molar-refractivity contribution >= 4 is 12.0 Å². The average molecular weight is 625 g/mol. The van der Waals surface area contributed by atoms with Gasteiger partial charge in [0, 0.05) is 12.5 Å². The molecule has 8 N–H and O–H groups in total. The van der Waals surface area contributed by atoms with Crippen LogP contribution in [0.15, 0.2) is 42.5 Å². The van der Waals surface area contributed by atoms with Crippen LogP contribution in [0.3, 0.4) is 0 Å². The molecule has 0 aliphatic carbocycles. The van der Waals surface area contributed by atoms with E-state index < -0.39 is 73.6 Å². The van der Waals surface area contributed by atoms with Crippen LogP contribution < -0.4 is 0 Å². The number of rotatable bonds is 11. The van der Waals surface area contributed by atoms with E-state index in [0.29, 0.717) is 11.1 Å². The molecule has 2 aliphatic heterocycles. The third-order valence-corrected chi connectivity index (χ3v) is 7.19. The molecule has 0 radical (unpaired) electrons. The summed E-state index contributed by atoms with van der Waals surface area (Å²) in [6.45, 7) is 0.879. The Morgan fingerprint density at radius 3 is 2.30 bits per heavy atom. The number of aliphatic hydroxyl groups is 3. The maximum absolute atomic E-state index is 12.8. The molecule has 15 nitrogen and oxygen atoms in total. The van der Waals surface area contributed by atoms with Crippen LogP contribution in [0.2, 0.25) is 0 Å². The van der Waals surface area contributed by atoms with Crippen molar-refractivity contribution in [1.82, 2.24) is 0 Å². The SMILES string of the molecule is CC1CC(OO)C(O)C(OC2C(O)C(OCCc3ccc(O)c(O)c3)OC(CO)C2OC(=O)/C=C/c2ccc(O)c(O)c2)O1. The van der Waals surface area contributed by atoms with E-state index in [1.807, 2.05) is 0 Å². The van der Waals surface area contributed by atoms with Crippen LogP contribution in [-0.4, -0.2) is 115 Å². The number of phenolic OH excluding ortho intramolecular Hbond substituents is 4. The quantitative estimate of drug-likeness (QED) is 0.0559. The van der Waals surface area contributed by atoms with Gasteiger partial charge in [-0.15, -0.1) is 0 Å². The molecule has 0 bridgehead atoms. The molecule has 2 aromatic carbocycles. The van der Waals surface area contributed by atoms with E-state index in [1.165, 1.54) is 36.4 Å². The molecule has 2 saturated heterocycles. The molecule has 4 rings (SSSR count). The molecule has 15 heteroatoms. The number of esters is 1. The lowest BCUT2D eigenvalue weighted by Crippen LogP contribution is -2.63. The summed E-state index contributed by atoms with van der Waals surface area (Å²) in [5.74, 6) is -2.32. The van der Waals surface area contributed by atoms with E-state index in [0.717, 1.165) is 6.08 Å². The summed E-state index contributed by atoms with van der Waals surface area (Å²) in [7, 11) is 0. The highest BCUT2D eigenvalue weighted by Gasteiger charge is 2.51. The highest BCUT2D eigenvalue weighted by atomic mass is 17.1. The first-order valence-electron chi connectivity index (χ1n) is 13.8. The van der Waals surface area contributed by atoms with Crippen LogP contribution in [0.1, 0.15) is 24.5 Å². The van der Waals surface area contributed by atoms with Crippen molar-refractivity contribution in [3.63, 3.8) is 0 Å². The third-order valence-electron chi connectivity index (χ3n) is 7.19. The van der Waals surface area contributed by atoms with Crippen LogP contribution in [0.4, 0.5) is 0 Å². The summed E-state index contributed by atoms with van der Waals surface area (Å²) in [5, 5.41) is 79.7. The third kappa shape index (κ3) is 8.15. The van der Waals surface area contributed by atoms with Gasteiger partial charge < -0.3 is 59.4 Å². The molecule has 44 heavy (non-hydrogen) atoms. The van der Waals surface area contributed by atoms with Gasteiger partial charge in [-0.05, 0) is 54.8 Å². The largest absolute Gasteiger partial charge is 0.504 e. The Bertz CT molecular complexity index is 1290. The minimum Gasteiger partial charge on any atom is -0.504 e. The van der Waals surface area contributed by atoms with E-state index in [9.17, 15) is 45.8 Å². The fraction of sp³-hybridized carbons (Fsp3) is 0.483. The van der Waals surface area contributed by atoms with Crippen LogP contribution in [0, 0.1) is 0 Å². The van der Waals surface area contributed by atoms with Crippen molar-refractivity contribution in [3.8, 4) is 23.0 Å². The average Bonchev–Trinajstić information content (AvgIpc) is 2.99. The molecule has 2 aromatic rings. The first-order chi connectivity index (χ1) is 21.0. The number of hydrogen-bond acceptors (Lipinski definition) is 15. The second-order valence-electron chi connectivity index (χ2n) is 10.4. The van der Waals surface area contributed by atoms with Crippen molar-refractivity contribution in [2.45, 2.75) is 75.1 Å². The van der Waals surface area contributed by atoms with Crippen molar-refractivity contribution in [2.75, 3.05) is 13.2 Å². The number of ether oxygens (including phenoxy) is 5. The smallest absolute Gasteiger partial charge is 0.331 e. The summed E-state index contributed by atoms with van der Waals surface area (Å²) in [6, 6.07) is 8.06. The Labute approximate surface area is 251 Å². The zero-order valence-electron chi connectivity index (χ0n) is 23.6. The number of carbonyl (C=O) groups is 1. The predicted octanol–water partition coefficient (Wildman–Crippen LogP) is 0.511. The normalized spacial score (nSPS) is 30.8. The molecule has 0 aromatic heterocycles. The lowest BCUT2D eigenvalue weighted by molar-refractivity contribution is -0.375. The van der Waals surface area contributed by atoms with Crippen molar-refractivity contribution in [1.29, 1.82) is 0 Å². The summed E-state index contributed by atoms with van der Waals surface area (Å²) < 4.78 is 28.5. The lowest BCUT2D eigenvalue weighted by atomic mass is 9.97. The second-order valence-corrected chi connectivity index (χ2v) is 10.4. The molecule has 2 aliphatic rings. The van der Waals surface area contributed by atoms with Gasteiger partial charge in [-0.2, -0.15) is 0 Å². The van der Waals surface area contributed by atoms with E-state index in [4.69, 9.17) is 23.7 Å². The van der Waals surface area contributed by atoms with Gasteiger partial charge in [0.05, 0.1) is 19.3 Å². The standard InChI is InChI=1S/C29H36O15/c1-14-10-21(44-38)24(36)29(40-14)43-27-25(37)28(39-9-8-16-3-6-18(32)20(34)12-16)41-22(13-30)26(27)42-23(35)7-4-15-2-5-17(31)19(33)11-15/h2-7,11-12,14,21-22,24-34,36-38H,8-10,13H2,1H3/b7-4+. The summed E-state index contributed by atoms with van der Waals surface area (Å²) in [5.41, 5.74) is 0.947. The van der Waals surface area contributed by atoms with Gasteiger partial charge in [0.15, 0.2) is 41.7 Å². The van der Waals surface area contributed by atoms with Crippen LogP contribution >= 0.6 is 0 Å². The lowest BCUT2D eigenvalue weighted by Gasteiger charge is -2.46. The number of benzene rings is 2. The number of phenols is 4. The molecule has 9 unspecified atom stereocenters. The summed E-state index contributed by atoms with van der Waals surface area (Å²) in [4.78, 5) is 17.2. The fourth-order valence-electron chi connectivity index (χ4n) is 4.86. The van der Waals surface area contributed by atoms with Gasteiger partial charge >= 0.3 is 5.97 Å². The number of aromatic hydroxyl groups is 4. The molecule has 0 amide bonds. The number of aliphatic hydroxyl groups excluding tert-OH is 3.